The van der Waals surface area contributed by atoms with Crippen molar-refractivity contribution in [2.75, 3.05) is 0 Å². The highest BCUT2D eigenvalue weighted by Crippen LogP contribution is 2.54. The van der Waals surface area contributed by atoms with Crippen LogP contribution in [0.2, 0.25) is 0 Å². The third kappa shape index (κ3) is 4.32. The smallest absolute Gasteiger partial charge is 0.0663 e. The van der Waals surface area contributed by atoms with Crippen molar-refractivity contribution in [3.8, 4) is 39.4 Å². The van der Waals surface area contributed by atoms with Gasteiger partial charge in [-0.25, -0.2) is 0 Å². The molecule has 1 nitrogen and oxygen atoms in total. The van der Waals surface area contributed by atoms with E-state index in [1.54, 1.807) is 0 Å². The van der Waals surface area contributed by atoms with Gasteiger partial charge in [-0.05, 0) is 78.9 Å². The predicted octanol–water partition coefficient (Wildman–Crippen LogP) is 11.0. The third-order valence-electron chi connectivity index (χ3n) is 9.00. The van der Waals surface area contributed by atoms with Gasteiger partial charge in [-0.15, -0.1) is 0 Å². The molecule has 0 bridgehead atoms. The standard InChI is InChI=1S/C42H31N/c1-29(13-11-12-28-43)30-22-24-31(25-23-30)32-26-27-35(34-15-4-3-14-33(32)34)36-16-5-8-19-39(36)42(2)40-20-9-6-17-37(40)38-18-7-10-21-41(38)42/h3-11,13-27H,1,12H2,2H3/b13-11-. The van der Waals surface area contributed by atoms with Gasteiger partial charge in [-0.3, -0.25) is 0 Å². The van der Waals surface area contributed by atoms with Gasteiger partial charge in [0.25, 0.3) is 0 Å². The summed E-state index contributed by atoms with van der Waals surface area (Å²) in [6.07, 6.45) is 4.15. The van der Waals surface area contributed by atoms with E-state index in [-0.39, 0.29) is 5.41 Å². The predicted molar refractivity (Wildman–Crippen MR) is 181 cm³/mol. The Morgan fingerprint density at radius 3 is 1.63 bits per heavy atom. The minimum absolute atomic E-state index is 0.274. The molecule has 0 amide bonds. The van der Waals surface area contributed by atoms with Crippen LogP contribution >= 0.6 is 0 Å². The Morgan fingerprint density at radius 1 is 0.605 bits per heavy atom. The van der Waals surface area contributed by atoms with E-state index in [1.807, 2.05) is 12.2 Å². The van der Waals surface area contributed by atoms with Crippen LogP contribution in [0.1, 0.15) is 35.6 Å². The van der Waals surface area contributed by atoms with Gasteiger partial charge in [0.2, 0.25) is 0 Å². The van der Waals surface area contributed by atoms with Gasteiger partial charge in [0.05, 0.1) is 12.5 Å². The maximum Gasteiger partial charge on any atom is 0.0663 e. The molecule has 7 rings (SSSR count). The van der Waals surface area contributed by atoms with Crippen molar-refractivity contribution in [2.45, 2.75) is 18.8 Å². The van der Waals surface area contributed by atoms with E-state index in [0.29, 0.717) is 6.42 Å². The van der Waals surface area contributed by atoms with Crippen LogP contribution in [0, 0.1) is 11.3 Å². The van der Waals surface area contributed by atoms with Crippen LogP contribution in [0.3, 0.4) is 0 Å². The van der Waals surface area contributed by atoms with Crippen LogP contribution in [-0.4, -0.2) is 0 Å². The molecule has 0 fully saturated rings. The molecule has 0 atom stereocenters. The normalized spacial score (nSPS) is 13.0. The van der Waals surface area contributed by atoms with Crippen LogP contribution in [0.5, 0.6) is 0 Å². The summed E-state index contributed by atoms with van der Waals surface area (Å²) >= 11 is 0. The second-order valence-corrected chi connectivity index (χ2v) is 11.3. The molecule has 1 aliphatic rings. The number of hydrogen-bond acceptors (Lipinski definition) is 1. The van der Waals surface area contributed by atoms with E-state index < -0.39 is 0 Å². The molecule has 43 heavy (non-hydrogen) atoms. The summed E-state index contributed by atoms with van der Waals surface area (Å²) in [5, 5.41) is 11.3. The number of fused-ring (bicyclic) bond motifs is 4. The van der Waals surface area contributed by atoms with E-state index in [4.69, 9.17) is 5.26 Å². The van der Waals surface area contributed by atoms with E-state index in [9.17, 15) is 0 Å². The fourth-order valence-electron chi connectivity index (χ4n) is 6.90. The lowest BCUT2D eigenvalue weighted by atomic mass is 9.71. The number of allylic oxidation sites excluding steroid dienone is 3. The molecule has 0 saturated carbocycles. The molecule has 6 aromatic carbocycles. The lowest BCUT2D eigenvalue weighted by Crippen LogP contribution is -2.23. The molecule has 0 radical (unpaired) electrons. The molecule has 0 unspecified atom stereocenters. The molecule has 0 aliphatic heterocycles. The minimum atomic E-state index is -0.274. The van der Waals surface area contributed by atoms with E-state index in [1.165, 1.54) is 60.8 Å². The van der Waals surface area contributed by atoms with Crippen molar-refractivity contribution in [2.24, 2.45) is 0 Å². The Bertz CT molecular complexity index is 2040. The Hall–Kier alpha value is -5.45. The molecular formula is C42H31N. The largest absolute Gasteiger partial charge is 0.198 e. The highest BCUT2D eigenvalue weighted by molar-refractivity contribution is 6.05. The van der Waals surface area contributed by atoms with Crippen LogP contribution in [-0.2, 0) is 5.41 Å². The third-order valence-corrected chi connectivity index (χ3v) is 9.00. The van der Waals surface area contributed by atoms with Gasteiger partial charge >= 0.3 is 0 Å². The summed E-state index contributed by atoms with van der Waals surface area (Å²) in [5.74, 6) is 0. The van der Waals surface area contributed by atoms with Crippen LogP contribution < -0.4 is 0 Å². The van der Waals surface area contributed by atoms with Crippen LogP contribution in [0.25, 0.3) is 49.7 Å². The van der Waals surface area contributed by atoms with E-state index >= 15 is 0 Å². The van der Waals surface area contributed by atoms with Gasteiger partial charge in [0.1, 0.15) is 0 Å². The van der Waals surface area contributed by atoms with Crippen molar-refractivity contribution in [1.82, 2.24) is 0 Å². The average Bonchev–Trinajstić information content (AvgIpc) is 3.33. The minimum Gasteiger partial charge on any atom is -0.198 e. The summed E-state index contributed by atoms with van der Waals surface area (Å²) in [4.78, 5) is 0. The first-order valence-corrected chi connectivity index (χ1v) is 14.8. The molecule has 204 valence electrons. The SMILES string of the molecule is C=C(/C=C\CC#N)c1ccc(-c2ccc(-c3ccccc3C3(C)c4ccccc4-c4ccccc43)c3ccccc23)cc1. The lowest BCUT2D eigenvalue weighted by molar-refractivity contribution is 0.716. The highest BCUT2D eigenvalue weighted by atomic mass is 14.4. The number of hydrogen-bond donors (Lipinski definition) is 0. The van der Waals surface area contributed by atoms with Crippen LogP contribution in [0.15, 0.2) is 152 Å². The molecular weight excluding hydrogens is 518 g/mol. The zero-order valence-corrected chi connectivity index (χ0v) is 24.2. The van der Waals surface area contributed by atoms with Crippen molar-refractivity contribution < 1.29 is 0 Å². The summed E-state index contributed by atoms with van der Waals surface area (Å²) < 4.78 is 0. The fourth-order valence-corrected chi connectivity index (χ4v) is 6.90. The van der Waals surface area contributed by atoms with Gasteiger partial charge < -0.3 is 0 Å². The maximum atomic E-state index is 8.82. The van der Waals surface area contributed by atoms with Gasteiger partial charge in [0, 0.05) is 5.41 Å². The topological polar surface area (TPSA) is 23.8 Å². The molecule has 0 spiro atoms. The quantitative estimate of drug-likeness (QED) is 0.190. The molecule has 6 aromatic rings. The molecule has 1 heteroatoms. The first kappa shape index (κ1) is 26.4. The van der Waals surface area contributed by atoms with Gasteiger partial charge in [-0.1, -0.05) is 152 Å². The molecule has 0 N–H and O–H groups in total. The molecule has 1 aliphatic carbocycles. The summed E-state index contributed by atoms with van der Waals surface area (Å²) in [5.41, 5.74) is 13.2. The van der Waals surface area contributed by atoms with Crippen LogP contribution in [0.4, 0.5) is 0 Å². The average molecular weight is 550 g/mol. The number of nitrogens with zero attached hydrogens (tertiary/aromatic N) is 1. The number of nitriles is 1. The second-order valence-electron chi connectivity index (χ2n) is 11.3. The summed E-state index contributed by atoms with van der Waals surface area (Å²) in [6.45, 7) is 6.56. The van der Waals surface area contributed by atoms with Gasteiger partial charge in [-0.2, -0.15) is 5.26 Å². The summed E-state index contributed by atoms with van der Waals surface area (Å²) in [6, 6.07) is 50.7. The number of rotatable bonds is 6. The van der Waals surface area contributed by atoms with Crippen molar-refractivity contribution in [1.29, 1.82) is 5.26 Å². The Balaban J connectivity index is 1.36. The lowest BCUT2D eigenvalue weighted by Gasteiger charge is -2.31. The van der Waals surface area contributed by atoms with Crippen molar-refractivity contribution in [3.05, 3.63) is 174 Å². The summed E-state index contributed by atoms with van der Waals surface area (Å²) in [7, 11) is 0. The Labute approximate surface area is 253 Å². The molecule has 0 heterocycles. The maximum absolute atomic E-state index is 8.82. The van der Waals surface area contributed by atoms with E-state index in [0.717, 1.165) is 11.1 Å². The first-order valence-electron chi connectivity index (χ1n) is 14.8. The highest BCUT2D eigenvalue weighted by Gasteiger charge is 2.41. The van der Waals surface area contributed by atoms with Crippen molar-refractivity contribution >= 4 is 16.3 Å². The second kappa shape index (κ2) is 10.8. The van der Waals surface area contributed by atoms with Gasteiger partial charge in [0.15, 0.2) is 0 Å². The monoisotopic (exact) mass is 549 g/mol. The first-order chi connectivity index (χ1) is 21.1. The Morgan fingerprint density at radius 2 is 1.07 bits per heavy atom. The molecule has 0 saturated heterocycles. The Kier molecular flexibility index (Phi) is 6.61. The van der Waals surface area contributed by atoms with Crippen molar-refractivity contribution in [3.63, 3.8) is 0 Å². The zero-order chi connectivity index (χ0) is 29.4. The number of benzene rings is 6. The zero-order valence-electron chi connectivity index (χ0n) is 24.2. The van der Waals surface area contributed by atoms with E-state index in [2.05, 4.69) is 153 Å². The molecule has 0 aromatic heterocycles. The fraction of sp³-hybridized carbons (Fsp3) is 0.0714.